The highest BCUT2D eigenvalue weighted by atomic mass is 19.4. The van der Waals surface area contributed by atoms with Crippen molar-refractivity contribution in [3.8, 4) is 0 Å². The van der Waals surface area contributed by atoms with E-state index in [0.717, 1.165) is 0 Å². The van der Waals surface area contributed by atoms with Gasteiger partial charge in [-0.3, -0.25) is 10.1 Å². The van der Waals surface area contributed by atoms with E-state index < -0.39 is 17.0 Å². The van der Waals surface area contributed by atoms with Gasteiger partial charge >= 0.3 is 6.18 Å². The van der Waals surface area contributed by atoms with Gasteiger partial charge in [-0.05, 0) is 25.8 Å². The minimum atomic E-state index is -4.21. The van der Waals surface area contributed by atoms with Gasteiger partial charge in [-0.15, -0.1) is 0 Å². The van der Waals surface area contributed by atoms with E-state index in [1.165, 1.54) is 19.1 Å². The van der Waals surface area contributed by atoms with Gasteiger partial charge in [0.25, 0.3) is 5.69 Å². The lowest BCUT2D eigenvalue weighted by atomic mass is 9.97. The second kappa shape index (κ2) is 5.26. The van der Waals surface area contributed by atoms with Crippen molar-refractivity contribution in [1.82, 2.24) is 4.98 Å². The van der Waals surface area contributed by atoms with Crippen molar-refractivity contribution >= 4 is 11.5 Å². The molecular weight excluding hydrogens is 275 g/mol. The zero-order valence-electron chi connectivity index (χ0n) is 10.9. The maximum Gasteiger partial charge on any atom is 0.393 e. The molecule has 1 atom stereocenters. The first kappa shape index (κ1) is 14.5. The standard InChI is InChI=1S/C12H14F3N3O2/c1-8-10(18(19)20)4-5-11(16-8)17-6-2-3-9(7-17)12(13,14)15/h4-5,9H,2-3,6-7H2,1H3/t9-/m0/s1. The molecule has 0 unspecified atom stereocenters. The van der Waals surface area contributed by atoms with Gasteiger partial charge in [-0.2, -0.15) is 13.2 Å². The molecule has 1 fully saturated rings. The zero-order chi connectivity index (χ0) is 14.9. The van der Waals surface area contributed by atoms with E-state index in [2.05, 4.69) is 4.98 Å². The van der Waals surface area contributed by atoms with Gasteiger partial charge in [0.1, 0.15) is 11.5 Å². The van der Waals surface area contributed by atoms with Gasteiger partial charge in [0, 0.05) is 19.2 Å². The number of aromatic nitrogens is 1. The Bertz CT molecular complexity index is 519. The van der Waals surface area contributed by atoms with Gasteiger partial charge in [0.15, 0.2) is 0 Å². The van der Waals surface area contributed by atoms with Crippen LogP contribution in [0, 0.1) is 23.0 Å². The topological polar surface area (TPSA) is 59.3 Å². The highest BCUT2D eigenvalue weighted by Crippen LogP contribution is 2.34. The van der Waals surface area contributed by atoms with E-state index in [4.69, 9.17) is 0 Å². The second-order valence-electron chi connectivity index (χ2n) is 4.86. The minimum Gasteiger partial charge on any atom is -0.356 e. The van der Waals surface area contributed by atoms with Crippen LogP contribution in [0.4, 0.5) is 24.7 Å². The molecule has 2 rings (SSSR count). The van der Waals surface area contributed by atoms with Gasteiger partial charge in [-0.1, -0.05) is 0 Å². The maximum absolute atomic E-state index is 12.7. The molecule has 0 aromatic carbocycles. The predicted octanol–water partition coefficient (Wildman–Crippen LogP) is 3.08. The van der Waals surface area contributed by atoms with Crippen molar-refractivity contribution in [3.63, 3.8) is 0 Å². The first-order valence-electron chi connectivity index (χ1n) is 6.22. The third kappa shape index (κ3) is 3.00. The van der Waals surface area contributed by atoms with Gasteiger partial charge < -0.3 is 4.90 Å². The van der Waals surface area contributed by atoms with Gasteiger partial charge in [-0.25, -0.2) is 4.98 Å². The molecule has 20 heavy (non-hydrogen) atoms. The van der Waals surface area contributed by atoms with Crippen LogP contribution in [-0.2, 0) is 0 Å². The molecule has 2 heterocycles. The monoisotopic (exact) mass is 289 g/mol. The Morgan fingerprint density at radius 1 is 1.45 bits per heavy atom. The van der Waals surface area contributed by atoms with Crippen molar-refractivity contribution in [2.75, 3.05) is 18.0 Å². The van der Waals surface area contributed by atoms with Gasteiger partial charge in [0.2, 0.25) is 0 Å². The molecule has 1 aliphatic heterocycles. The fourth-order valence-corrected chi connectivity index (χ4v) is 2.36. The van der Waals surface area contributed by atoms with E-state index >= 15 is 0 Å². The summed E-state index contributed by atoms with van der Waals surface area (Å²) in [6.07, 6.45) is -3.66. The number of piperidine rings is 1. The summed E-state index contributed by atoms with van der Waals surface area (Å²) in [5, 5.41) is 10.7. The molecule has 1 aliphatic rings. The third-order valence-corrected chi connectivity index (χ3v) is 3.45. The van der Waals surface area contributed by atoms with E-state index in [1.807, 2.05) is 0 Å². The zero-order valence-corrected chi connectivity index (χ0v) is 10.9. The maximum atomic E-state index is 12.7. The van der Waals surface area contributed by atoms with Crippen LogP contribution >= 0.6 is 0 Å². The van der Waals surface area contributed by atoms with Crippen LogP contribution in [0.2, 0.25) is 0 Å². The highest BCUT2D eigenvalue weighted by Gasteiger charge is 2.42. The molecule has 1 aromatic heterocycles. The highest BCUT2D eigenvalue weighted by molar-refractivity contribution is 5.47. The second-order valence-corrected chi connectivity index (χ2v) is 4.86. The fourth-order valence-electron chi connectivity index (χ4n) is 2.36. The number of alkyl halides is 3. The fraction of sp³-hybridized carbons (Fsp3) is 0.583. The largest absolute Gasteiger partial charge is 0.393 e. The van der Waals surface area contributed by atoms with Crippen molar-refractivity contribution in [1.29, 1.82) is 0 Å². The Labute approximate surface area is 113 Å². The molecule has 0 radical (unpaired) electrons. The van der Waals surface area contributed by atoms with Crippen LogP contribution in [-0.4, -0.2) is 29.2 Å². The number of nitrogens with zero attached hydrogens (tertiary/aromatic N) is 3. The molecular formula is C12H14F3N3O2. The first-order chi connectivity index (χ1) is 9.29. The lowest BCUT2D eigenvalue weighted by molar-refractivity contribution is -0.385. The summed E-state index contributed by atoms with van der Waals surface area (Å²) >= 11 is 0. The number of aryl methyl sites for hydroxylation is 1. The summed E-state index contributed by atoms with van der Waals surface area (Å²) in [6, 6.07) is 2.69. The van der Waals surface area contributed by atoms with E-state index in [1.54, 1.807) is 4.90 Å². The summed E-state index contributed by atoms with van der Waals surface area (Å²) in [5.74, 6) is -1.00. The lowest BCUT2D eigenvalue weighted by Gasteiger charge is -2.34. The van der Waals surface area contributed by atoms with Gasteiger partial charge in [0.05, 0.1) is 10.8 Å². The first-order valence-corrected chi connectivity index (χ1v) is 6.22. The number of pyridine rings is 1. The van der Waals surface area contributed by atoms with Crippen LogP contribution in [0.3, 0.4) is 0 Å². The summed E-state index contributed by atoms with van der Waals surface area (Å²) in [7, 11) is 0. The molecule has 0 aliphatic carbocycles. The van der Waals surface area contributed by atoms with Crippen molar-refractivity contribution < 1.29 is 18.1 Å². The van der Waals surface area contributed by atoms with E-state index in [9.17, 15) is 23.3 Å². The van der Waals surface area contributed by atoms with Crippen LogP contribution in [0.15, 0.2) is 12.1 Å². The number of rotatable bonds is 2. The normalized spacial score (nSPS) is 20.0. The van der Waals surface area contributed by atoms with Crippen LogP contribution < -0.4 is 4.90 Å². The smallest absolute Gasteiger partial charge is 0.356 e. The summed E-state index contributed by atoms with van der Waals surface area (Å²) < 4.78 is 38.2. The predicted molar refractivity (Wildman–Crippen MR) is 66.6 cm³/mol. The number of halogens is 3. The number of anilines is 1. The molecule has 8 heteroatoms. The molecule has 0 amide bonds. The number of nitro groups is 1. The van der Waals surface area contributed by atoms with Crippen molar-refractivity contribution in [2.24, 2.45) is 5.92 Å². The molecule has 0 bridgehead atoms. The van der Waals surface area contributed by atoms with E-state index in [-0.39, 0.29) is 24.3 Å². The molecule has 0 saturated carbocycles. The van der Waals surface area contributed by atoms with Crippen molar-refractivity contribution in [2.45, 2.75) is 25.9 Å². The number of hydrogen-bond donors (Lipinski definition) is 0. The molecule has 5 nitrogen and oxygen atoms in total. The molecule has 1 saturated heterocycles. The quantitative estimate of drug-likeness (QED) is 0.620. The Kier molecular flexibility index (Phi) is 3.82. The SMILES string of the molecule is Cc1nc(N2CCC[C@H](C(F)(F)F)C2)ccc1[N+](=O)[O-]. The van der Waals surface area contributed by atoms with E-state index in [0.29, 0.717) is 18.8 Å². The molecule has 0 N–H and O–H groups in total. The third-order valence-electron chi connectivity index (χ3n) is 3.45. The minimum absolute atomic E-state index is 0.117. The van der Waals surface area contributed by atoms with Crippen LogP contribution in [0.1, 0.15) is 18.5 Å². The molecule has 110 valence electrons. The Morgan fingerprint density at radius 3 is 2.70 bits per heavy atom. The average Bonchev–Trinajstić information content (AvgIpc) is 2.37. The Morgan fingerprint density at radius 2 is 2.15 bits per heavy atom. The lowest BCUT2D eigenvalue weighted by Crippen LogP contribution is -2.42. The van der Waals surface area contributed by atoms with Crippen molar-refractivity contribution in [3.05, 3.63) is 27.9 Å². The molecule has 0 spiro atoms. The van der Waals surface area contributed by atoms with Crippen LogP contribution in [0.5, 0.6) is 0 Å². The molecule has 1 aromatic rings. The summed E-state index contributed by atoms with van der Waals surface area (Å²) in [6.45, 7) is 1.82. The Hall–Kier alpha value is -1.86. The Balaban J connectivity index is 2.19. The summed E-state index contributed by atoms with van der Waals surface area (Å²) in [5.41, 5.74) is 0.0831. The van der Waals surface area contributed by atoms with Crippen LogP contribution in [0.25, 0.3) is 0 Å². The average molecular weight is 289 g/mol. The summed E-state index contributed by atoms with van der Waals surface area (Å²) in [4.78, 5) is 15.7. The number of hydrogen-bond acceptors (Lipinski definition) is 4.